The summed E-state index contributed by atoms with van der Waals surface area (Å²) in [5.74, 6) is 2.75. The van der Waals surface area contributed by atoms with E-state index in [9.17, 15) is 0 Å². The van der Waals surface area contributed by atoms with Gasteiger partial charge in [-0.2, -0.15) is 0 Å². The molecule has 0 atom stereocenters. The minimum absolute atomic E-state index is 0.391. The molecule has 1 heterocycles. The monoisotopic (exact) mass is 459 g/mol. The fourth-order valence-corrected chi connectivity index (χ4v) is 3.53. The lowest BCUT2D eigenvalue weighted by Crippen LogP contribution is -2.15. The predicted molar refractivity (Wildman–Crippen MR) is 123 cm³/mol. The third-order valence-corrected chi connectivity index (χ3v) is 5.35. The lowest BCUT2D eigenvalue weighted by atomic mass is 10.1. The zero-order chi connectivity index (χ0) is 21.6. The first-order chi connectivity index (χ1) is 15.1. The van der Waals surface area contributed by atoms with E-state index in [1.165, 1.54) is 0 Å². The van der Waals surface area contributed by atoms with Crippen LogP contribution in [0.2, 0.25) is 10.0 Å². The van der Waals surface area contributed by atoms with Gasteiger partial charge in [0.05, 0.1) is 6.61 Å². The van der Waals surface area contributed by atoms with Crippen LogP contribution in [0.25, 0.3) is 0 Å². The van der Waals surface area contributed by atoms with Gasteiger partial charge in [0.1, 0.15) is 19.8 Å². The van der Waals surface area contributed by atoms with Gasteiger partial charge in [0, 0.05) is 34.4 Å². The fraction of sp³-hybridized carbons (Fsp3) is 0.250. The number of halogens is 2. The lowest BCUT2D eigenvalue weighted by molar-refractivity contribution is 0.171. The second kappa shape index (κ2) is 10.0. The van der Waals surface area contributed by atoms with Gasteiger partial charge in [-0.1, -0.05) is 35.3 Å². The van der Waals surface area contributed by atoms with E-state index in [-0.39, 0.29) is 0 Å². The van der Waals surface area contributed by atoms with Gasteiger partial charge in [0.2, 0.25) is 0 Å². The highest BCUT2D eigenvalue weighted by Crippen LogP contribution is 2.36. The Morgan fingerprint density at radius 3 is 2.39 bits per heavy atom. The highest BCUT2D eigenvalue weighted by atomic mass is 35.5. The van der Waals surface area contributed by atoms with E-state index in [0.29, 0.717) is 54.5 Å². The number of nitrogens with one attached hydrogen (secondary N) is 1. The Morgan fingerprint density at radius 2 is 1.61 bits per heavy atom. The average Bonchev–Trinajstić information content (AvgIpc) is 2.79. The second-order valence-electron chi connectivity index (χ2n) is 6.95. The summed E-state index contributed by atoms with van der Waals surface area (Å²) in [6.45, 7) is 4.50. The van der Waals surface area contributed by atoms with Crippen molar-refractivity contribution in [3.05, 3.63) is 75.8 Å². The number of rotatable bonds is 8. The molecule has 7 heteroatoms. The molecule has 3 aromatic carbocycles. The van der Waals surface area contributed by atoms with E-state index < -0.39 is 0 Å². The minimum atomic E-state index is 0.391. The van der Waals surface area contributed by atoms with Crippen molar-refractivity contribution in [3.63, 3.8) is 0 Å². The van der Waals surface area contributed by atoms with E-state index in [2.05, 4.69) is 5.32 Å². The van der Waals surface area contributed by atoms with Crippen LogP contribution >= 0.6 is 23.2 Å². The number of fused-ring (bicyclic) bond motifs is 1. The van der Waals surface area contributed by atoms with E-state index in [0.717, 1.165) is 28.3 Å². The highest BCUT2D eigenvalue weighted by Gasteiger charge is 2.14. The van der Waals surface area contributed by atoms with Gasteiger partial charge in [-0.05, 0) is 48.4 Å². The van der Waals surface area contributed by atoms with Gasteiger partial charge in [-0.3, -0.25) is 0 Å². The average molecular weight is 460 g/mol. The molecule has 0 aliphatic carbocycles. The first-order valence-electron chi connectivity index (χ1n) is 10.1. The SMILES string of the molecule is CCOc1cc(CNc2ccc3c(c2)OCCO3)c(Cl)cc1OCc1ccc(Cl)cc1. The molecule has 0 fully saturated rings. The van der Waals surface area contributed by atoms with E-state index >= 15 is 0 Å². The largest absolute Gasteiger partial charge is 0.490 e. The van der Waals surface area contributed by atoms with Crippen molar-refractivity contribution < 1.29 is 18.9 Å². The summed E-state index contributed by atoms with van der Waals surface area (Å²) in [5.41, 5.74) is 2.83. The quantitative estimate of drug-likeness (QED) is 0.424. The summed E-state index contributed by atoms with van der Waals surface area (Å²) >= 11 is 12.5. The Bertz CT molecular complexity index is 1040. The summed E-state index contributed by atoms with van der Waals surface area (Å²) in [5, 5.41) is 4.66. The molecule has 0 aromatic heterocycles. The van der Waals surface area contributed by atoms with Crippen LogP contribution in [0.5, 0.6) is 23.0 Å². The normalized spacial score (nSPS) is 12.4. The fourth-order valence-electron chi connectivity index (χ4n) is 3.19. The molecule has 162 valence electrons. The Labute approximate surface area is 191 Å². The Kier molecular flexibility index (Phi) is 6.95. The molecule has 1 aliphatic heterocycles. The first-order valence-corrected chi connectivity index (χ1v) is 10.8. The van der Waals surface area contributed by atoms with Crippen molar-refractivity contribution >= 4 is 28.9 Å². The van der Waals surface area contributed by atoms with Crippen LogP contribution < -0.4 is 24.3 Å². The van der Waals surface area contributed by atoms with Gasteiger partial charge < -0.3 is 24.3 Å². The van der Waals surface area contributed by atoms with Crippen molar-refractivity contribution in [2.24, 2.45) is 0 Å². The maximum absolute atomic E-state index is 6.55. The number of ether oxygens (including phenoxy) is 4. The second-order valence-corrected chi connectivity index (χ2v) is 7.79. The molecule has 0 saturated carbocycles. The molecule has 5 nitrogen and oxygen atoms in total. The number of hydrogen-bond acceptors (Lipinski definition) is 5. The number of anilines is 1. The van der Waals surface area contributed by atoms with Gasteiger partial charge in [0.15, 0.2) is 23.0 Å². The summed E-state index contributed by atoms with van der Waals surface area (Å²) in [6, 6.07) is 17.0. The molecule has 0 saturated heterocycles. The summed E-state index contributed by atoms with van der Waals surface area (Å²) in [4.78, 5) is 0. The van der Waals surface area contributed by atoms with Crippen LogP contribution in [-0.2, 0) is 13.2 Å². The lowest BCUT2D eigenvalue weighted by Gasteiger charge is -2.19. The van der Waals surface area contributed by atoms with Crippen molar-refractivity contribution in [1.29, 1.82) is 0 Å². The van der Waals surface area contributed by atoms with Gasteiger partial charge in [-0.15, -0.1) is 0 Å². The van der Waals surface area contributed by atoms with Crippen LogP contribution in [-0.4, -0.2) is 19.8 Å². The highest BCUT2D eigenvalue weighted by molar-refractivity contribution is 6.31. The van der Waals surface area contributed by atoms with Crippen molar-refractivity contribution in [3.8, 4) is 23.0 Å². The molecular formula is C24H23Cl2NO4. The Balaban J connectivity index is 1.46. The van der Waals surface area contributed by atoms with Gasteiger partial charge in [0.25, 0.3) is 0 Å². The molecular weight excluding hydrogens is 437 g/mol. The number of benzene rings is 3. The van der Waals surface area contributed by atoms with E-state index in [1.54, 1.807) is 6.07 Å². The number of hydrogen-bond donors (Lipinski definition) is 1. The third kappa shape index (κ3) is 5.49. The van der Waals surface area contributed by atoms with Crippen molar-refractivity contribution in [2.45, 2.75) is 20.1 Å². The molecule has 0 spiro atoms. The van der Waals surface area contributed by atoms with Crippen LogP contribution in [0, 0.1) is 0 Å². The van der Waals surface area contributed by atoms with Crippen LogP contribution in [0.4, 0.5) is 5.69 Å². The zero-order valence-corrected chi connectivity index (χ0v) is 18.6. The molecule has 3 aromatic rings. The minimum Gasteiger partial charge on any atom is -0.490 e. The molecule has 0 unspecified atom stereocenters. The maximum atomic E-state index is 6.55. The standard InChI is InChI=1S/C24H23Cl2NO4/c1-2-28-22-11-17(14-27-19-7-8-21-23(12-19)30-10-9-29-21)20(26)13-24(22)31-15-16-3-5-18(25)6-4-16/h3-8,11-13,27H,2,9-10,14-15H2,1H3. The Hall–Kier alpha value is -2.76. The zero-order valence-electron chi connectivity index (χ0n) is 17.1. The Morgan fingerprint density at radius 1 is 0.871 bits per heavy atom. The molecule has 31 heavy (non-hydrogen) atoms. The molecule has 1 aliphatic rings. The molecule has 0 amide bonds. The van der Waals surface area contributed by atoms with Gasteiger partial charge in [-0.25, -0.2) is 0 Å². The topological polar surface area (TPSA) is 49.0 Å². The van der Waals surface area contributed by atoms with E-state index in [4.69, 9.17) is 42.1 Å². The van der Waals surface area contributed by atoms with Crippen LogP contribution in [0.1, 0.15) is 18.1 Å². The van der Waals surface area contributed by atoms with Crippen LogP contribution in [0.3, 0.4) is 0 Å². The van der Waals surface area contributed by atoms with E-state index in [1.807, 2.05) is 55.5 Å². The summed E-state index contributed by atoms with van der Waals surface area (Å²) in [7, 11) is 0. The van der Waals surface area contributed by atoms with Crippen LogP contribution in [0.15, 0.2) is 54.6 Å². The third-order valence-electron chi connectivity index (χ3n) is 4.75. The summed E-state index contributed by atoms with van der Waals surface area (Å²) < 4.78 is 23.0. The van der Waals surface area contributed by atoms with Crippen molar-refractivity contribution in [2.75, 3.05) is 25.1 Å². The molecule has 0 bridgehead atoms. The first kappa shape index (κ1) is 21.5. The van der Waals surface area contributed by atoms with Gasteiger partial charge >= 0.3 is 0 Å². The molecule has 1 N–H and O–H groups in total. The molecule has 0 radical (unpaired) electrons. The van der Waals surface area contributed by atoms with Crippen molar-refractivity contribution in [1.82, 2.24) is 0 Å². The maximum Gasteiger partial charge on any atom is 0.163 e. The smallest absolute Gasteiger partial charge is 0.163 e. The summed E-state index contributed by atoms with van der Waals surface area (Å²) in [6.07, 6.45) is 0. The molecule has 4 rings (SSSR count). The predicted octanol–water partition coefficient (Wildman–Crippen LogP) is 6.35.